The van der Waals surface area contributed by atoms with E-state index >= 15 is 0 Å². The molecule has 1 heterocycles. The number of hydrogen-bond acceptors (Lipinski definition) is 1. The van der Waals surface area contributed by atoms with Gasteiger partial charge in [0.15, 0.2) is 0 Å². The second kappa shape index (κ2) is 3.57. The molecule has 1 saturated heterocycles. The minimum absolute atomic E-state index is 0.562. The summed E-state index contributed by atoms with van der Waals surface area (Å²) in [5.74, 6) is 0.853. The van der Waals surface area contributed by atoms with E-state index in [0.717, 1.165) is 19.1 Å². The monoisotopic (exact) mass is 156 g/mol. The van der Waals surface area contributed by atoms with Crippen LogP contribution in [0.3, 0.4) is 0 Å². The minimum Gasteiger partial charge on any atom is -0.381 e. The molecule has 0 bridgehead atoms. The van der Waals surface area contributed by atoms with E-state index in [1.165, 1.54) is 19.3 Å². The highest BCUT2D eigenvalue weighted by molar-refractivity contribution is 4.81. The second-order valence-electron chi connectivity index (χ2n) is 4.08. The molecule has 0 aliphatic carbocycles. The molecule has 1 rings (SSSR count). The van der Waals surface area contributed by atoms with Crippen molar-refractivity contribution < 1.29 is 4.74 Å². The SMILES string of the molecule is CCC(C)C1(C)CCOCC1. The molecule has 1 fully saturated rings. The van der Waals surface area contributed by atoms with Gasteiger partial charge in [-0.05, 0) is 24.2 Å². The molecule has 1 aliphatic rings. The highest BCUT2D eigenvalue weighted by Gasteiger charge is 2.31. The summed E-state index contributed by atoms with van der Waals surface area (Å²) in [7, 11) is 0. The fourth-order valence-corrected chi connectivity index (χ4v) is 1.82. The van der Waals surface area contributed by atoms with E-state index in [4.69, 9.17) is 4.74 Å². The molecule has 0 N–H and O–H groups in total. The van der Waals surface area contributed by atoms with E-state index in [-0.39, 0.29) is 0 Å². The maximum Gasteiger partial charge on any atom is 0.0471 e. The van der Waals surface area contributed by atoms with Gasteiger partial charge in [0.05, 0.1) is 0 Å². The summed E-state index contributed by atoms with van der Waals surface area (Å²) in [4.78, 5) is 0. The smallest absolute Gasteiger partial charge is 0.0471 e. The Morgan fingerprint density at radius 1 is 1.36 bits per heavy atom. The largest absolute Gasteiger partial charge is 0.381 e. The summed E-state index contributed by atoms with van der Waals surface area (Å²) < 4.78 is 5.36. The van der Waals surface area contributed by atoms with Crippen molar-refractivity contribution in [3.8, 4) is 0 Å². The Balaban J connectivity index is 2.49. The molecular formula is C10H20O. The van der Waals surface area contributed by atoms with Crippen LogP contribution in [0.4, 0.5) is 0 Å². The molecule has 0 aromatic heterocycles. The standard InChI is InChI=1S/C10H20O/c1-4-9(2)10(3)5-7-11-8-6-10/h9H,4-8H2,1-3H3. The second-order valence-corrected chi connectivity index (χ2v) is 4.08. The lowest BCUT2D eigenvalue weighted by atomic mass is 9.71. The van der Waals surface area contributed by atoms with Crippen LogP contribution in [0.25, 0.3) is 0 Å². The van der Waals surface area contributed by atoms with Crippen LogP contribution in [0.15, 0.2) is 0 Å². The zero-order valence-electron chi connectivity index (χ0n) is 8.02. The molecule has 0 aromatic carbocycles. The lowest BCUT2D eigenvalue weighted by Gasteiger charge is -2.38. The van der Waals surface area contributed by atoms with Gasteiger partial charge in [-0.25, -0.2) is 0 Å². The third-order valence-electron chi connectivity index (χ3n) is 3.44. The summed E-state index contributed by atoms with van der Waals surface area (Å²) in [6.45, 7) is 9.00. The van der Waals surface area contributed by atoms with Gasteiger partial charge in [-0.2, -0.15) is 0 Å². The molecule has 66 valence electrons. The maximum atomic E-state index is 5.36. The normalized spacial score (nSPS) is 26.5. The maximum absolute atomic E-state index is 5.36. The summed E-state index contributed by atoms with van der Waals surface area (Å²) in [5.41, 5.74) is 0.562. The summed E-state index contributed by atoms with van der Waals surface area (Å²) in [5, 5.41) is 0. The number of hydrogen-bond donors (Lipinski definition) is 0. The molecular weight excluding hydrogens is 136 g/mol. The quantitative estimate of drug-likeness (QED) is 0.597. The lowest BCUT2D eigenvalue weighted by Crippen LogP contribution is -2.32. The molecule has 1 heteroatoms. The third-order valence-corrected chi connectivity index (χ3v) is 3.44. The van der Waals surface area contributed by atoms with Gasteiger partial charge in [0.1, 0.15) is 0 Å². The molecule has 1 aliphatic heterocycles. The first-order valence-corrected chi connectivity index (χ1v) is 4.77. The molecule has 0 saturated carbocycles. The van der Waals surface area contributed by atoms with Crippen molar-refractivity contribution in [1.29, 1.82) is 0 Å². The van der Waals surface area contributed by atoms with Crippen LogP contribution in [0.2, 0.25) is 0 Å². The van der Waals surface area contributed by atoms with Crippen LogP contribution in [-0.2, 0) is 4.74 Å². The summed E-state index contributed by atoms with van der Waals surface area (Å²) in [6.07, 6.45) is 3.81. The average molecular weight is 156 g/mol. The highest BCUT2D eigenvalue weighted by atomic mass is 16.5. The van der Waals surface area contributed by atoms with Gasteiger partial charge in [-0.1, -0.05) is 27.2 Å². The van der Waals surface area contributed by atoms with Gasteiger partial charge in [0, 0.05) is 13.2 Å². The first kappa shape index (κ1) is 9.05. The fraction of sp³-hybridized carbons (Fsp3) is 1.00. The van der Waals surface area contributed by atoms with Crippen molar-refractivity contribution in [1.82, 2.24) is 0 Å². The van der Waals surface area contributed by atoms with Gasteiger partial charge in [0.2, 0.25) is 0 Å². The highest BCUT2D eigenvalue weighted by Crippen LogP contribution is 2.38. The van der Waals surface area contributed by atoms with E-state index in [9.17, 15) is 0 Å². The van der Waals surface area contributed by atoms with E-state index in [2.05, 4.69) is 20.8 Å². The van der Waals surface area contributed by atoms with Crippen LogP contribution in [-0.4, -0.2) is 13.2 Å². The average Bonchev–Trinajstić information content (AvgIpc) is 2.04. The van der Waals surface area contributed by atoms with Gasteiger partial charge < -0.3 is 4.74 Å². The van der Waals surface area contributed by atoms with Crippen LogP contribution in [0, 0.1) is 11.3 Å². The van der Waals surface area contributed by atoms with E-state index < -0.39 is 0 Å². The minimum atomic E-state index is 0.562. The lowest BCUT2D eigenvalue weighted by molar-refractivity contribution is -0.00438. The van der Waals surface area contributed by atoms with Crippen molar-refractivity contribution in [3.63, 3.8) is 0 Å². The predicted octanol–water partition coefficient (Wildman–Crippen LogP) is 2.85. The number of rotatable bonds is 2. The van der Waals surface area contributed by atoms with Crippen LogP contribution in [0.5, 0.6) is 0 Å². The van der Waals surface area contributed by atoms with Crippen molar-refractivity contribution in [2.45, 2.75) is 40.0 Å². The zero-order chi connectivity index (χ0) is 8.32. The van der Waals surface area contributed by atoms with Gasteiger partial charge in [-0.15, -0.1) is 0 Å². The van der Waals surface area contributed by atoms with E-state index in [0.29, 0.717) is 5.41 Å². The van der Waals surface area contributed by atoms with E-state index in [1.807, 2.05) is 0 Å². The number of ether oxygens (including phenoxy) is 1. The Labute approximate surface area is 70.1 Å². The van der Waals surface area contributed by atoms with Crippen molar-refractivity contribution in [2.75, 3.05) is 13.2 Å². The Kier molecular flexibility index (Phi) is 2.94. The summed E-state index contributed by atoms with van der Waals surface area (Å²) >= 11 is 0. The molecule has 0 radical (unpaired) electrons. The van der Waals surface area contributed by atoms with Crippen molar-refractivity contribution in [3.05, 3.63) is 0 Å². The topological polar surface area (TPSA) is 9.23 Å². The van der Waals surface area contributed by atoms with Crippen LogP contribution >= 0.6 is 0 Å². The Morgan fingerprint density at radius 3 is 2.36 bits per heavy atom. The molecule has 1 atom stereocenters. The third kappa shape index (κ3) is 1.96. The van der Waals surface area contributed by atoms with E-state index in [1.54, 1.807) is 0 Å². The summed E-state index contributed by atoms with van der Waals surface area (Å²) in [6, 6.07) is 0. The molecule has 0 spiro atoms. The fourth-order valence-electron chi connectivity index (χ4n) is 1.82. The van der Waals surface area contributed by atoms with Gasteiger partial charge in [-0.3, -0.25) is 0 Å². The van der Waals surface area contributed by atoms with Crippen LogP contribution < -0.4 is 0 Å². The van der Waals surface area contributed by atoms with Crippen molar-refractivity contribution in [2.24, 2.45) is 11.3 Å². The Morgan fingerprint density at radius 2 is 1.91 bits per heavy atom. The molecule has 0 amide bonds. The molecule has 11 heavy (non-hydrogen) atoms. The molecule has 1 unspecified atom stereocenters. The predicted molar refractivity (Wildman–Crippen MR) is 47.6 cm³/mol. The van der Waals surface area contributed by atoms with Crippen LogP contribution in [0.1, 0.15) is 40.0 Å². The first-order valence-electron chi connectivity index (χ1n) is 4.77. The van der Waals surface area contributed by atoms with Crippen molar-refractivity contribution >= 4 is 0 Å². The molecule has 0 aromatic rings. The van der Waals surface area contributed by atoms with Gasteiger partial charge >= 0.3 is 0 Å². The Hall–Kier alpha value is -0.0400. The van der Waals surface area contributed by atoms with Gasteiger partial charge in [0.25, 0.3) is 0 Å². The molecule has 1 nitrogen and oxygen atoms in total. The zero-order valence-corrected chi connectivity index (χ0v) is 8.02. The Bertz CT molecular complexity index is 114. The first-order chi connectivity index (χ1) is 5.19.